The van der Waals surface area contributed by atoms with Gasteiger partial charge in [-0.15, -0.1) is 0 Å². The van der Waals surface area contributed by atoms with Crippen LogP contribution < -0.4 is 0 Å². The van der Waals surface area contributed by atoms with Gasteiger partial charge in [0.15, 0.2) is 6.61 Å². The van der Waals surface area contributed by atoms with Crippen LogP contribution in [0.15, 0.2) is 0 Å². The summed E-state index contributed by atoms with van der Waals surface area (Å²) in [7, 11) is -4.54. The number of carbonyl (C=O) groups is 1. The summed E-state index contributed by atoms with van der Waals surface area (Å²) >= 11 is 0. The van der Waals surface area contributed by atoms with Crippen LogP contribution in [0.25, 0.3) is 0 Å². The van der Waals surface area contributed by atoms with Gasteiger partial charge in [0.1, 0.15) is 0 Å². The van der Waals surface area contributed by atoms with Crippen molar-refractivity contribution in [2.45, 2.75) is 6.92 Å². The second kappa shape index (κ2) is 4.46. The van der Waals surface area contributed by atoms with Crippen molar-refractivity contribution in [3.05, 3.63) is 0 Å². The molecule has 0 spiro atoms. The molecule has 0 aliphatic rings. The Balaban J connectivity index is 3.55. The molecule has 0 bridgehead atoms. The second-order valence-electron chi connectivity index (χ2n) is 1.57. The Kier molecular flexibility index (Phi) is 4.29. The van der Waals surface area contributed by atoms with Crippen molar-refractivity contribution in [2.75, 3.05) is 13.2 Å². The van der Waals surface area contributed by atoms with Crippen molar-refractivity contribution in [3.63, 3.8) is 0 Å². The molecule has 11 heavy (non-hydrogen) atoms. The number of hydrogen-bond acceptors (Lipinski definition) is 4. The molecule has 0 amide bonds. The molecule has 0 aliphatic carbocycles. The topological polar surface area (TPSA) is 93.1 Å². The molecule has 66 valence electrons. The normalized spacial score (nSPS) is 11.2. The molecule has 0 rings (SSSR count). The molecule has 0 aliphatic heterocycles. The van der Waals surface area contributed by atoms with Crippen LogP contribution in [0.4, 0.5) is 0 Å². The predicted molar refractivity (Wildman–Crippen MR) is 34.6 cm³/mol. The molecule has 0 unspecified atom stereocenters. The van der Waals surface area contributed by atoms with E-state index in [0.717, 1.165) is 0 Å². The first-order chi connectivity index (χ1) is 4.95. The molecule has 0 aromatic carbocycles. The van der Waals surface area contributed by atoms with E-state index in [-0.39, 0.29) is 6.61 Å². The Labute approximate surface area is 63.4 Å². The standard InChI is InChI=1S/C4H9O6P/c1-2-9-4(5)3-10-11(6,7)8/h2-3H2,1H3,(H2,6,7,8). The van der Waals surface area contributed by atoms with Crippen LogP contribution in [0.2, 0.25) is 0 Å². The molecule has 2 N–H and O–H groups in total. The summed E-state index contributed by atoms with van der Waals surface area (Å²) in [6.45, 7) is 1.01. The predicted octanol–water partition coefficient (Wildman–Crippen LogP) is -0.341. The van der Waals surface area contributed by atoms with Crippen LogP contribution in [-0.2, 0) is 18.6 Å². The number of phosphoric ester groups is 1. The van der Waals surface area contributed by atoms with Gasteiger partial charge < -0.3 is 14.5 Å². The molecule has 7 heteroatoms. The zero-order valence-electron chi connectivity index (χ0n) is 5.89. The zero-order valence-corrected chi connectivity index (χ0v) is 6.78. The minimum atomic E-state index is -4.54. The van der Waals surface area contributed by atoms with E-state index in [1.165, 1.54) is 0 Å². The van der Waals surface area contributed by atoms with Crippen molar-refractivity contribution < 1.29 is 28.4 Å². The molecule has 0 heterocycles. The van der Waals surface area contributed by atoms with Gasteiger partial charge in [-0.05, 0) is 6.92 Å². The third-order valence-electron chi connectivity index (χ3n) is 0.656. The van der Waals surface area contributed by atoms with Crippen molar-refractivity contribution in [1.29, 1.82) is 0 Å². The highest BCUT2D eigenvalue weighted by molar-refractivity contribution is 7.46. The zero-order chi connectivity index (χ0) is 8.91. The lowest BCUT2D eigenvalue weighted by atomic mass is 10.7. The van der Waals surface area contributed by atoms with Crippen LogP contribution in [0.1, 0.15) is 6.92 Å². The highest BCUT2D eigenvalue weighted by Crippen LogP contribution is 2.35. The van der Waals surface area contributed by atoms with Crippen molar-refractivity contribution >= 4 is 13.8 Å². The molecule has 0 aromatic rings. The van der Waals surface area contributed by atoms with Gasteiger partial charge in [-0.2, -0.15) is 0 Å². The number of carbonyl (C=O) groups excluding carboxylic acids is 1. The van der Waals surface area contributed by atoms with Crippen LogP contribution in [0, 0.1) is 0 Å². The molecule has 0 aromatic heterocycles. The van der Waals surface area contributed by atoms with Crippen molar-refractivity contribution in [2.24, 2.45) is 0 Å². The first kappa shape index (κ1) is 10.6. The Morgan fingerprint density at radius 1 is 1.55 bits per heavy atom. The smallest absolute Gasteiger partial charge is 0.464 e. The van der Waals surface area contributed by atoms with Gasteiger partial charge >= 0.3 is 13.8 Å². The molecular formula is C4H9O6P. The van der Waals surface area contributed by atoms with E-state index in [4.69, 9.17) is 9.79 Å². The SMILES string of the molecule is CCOC(=O)COP(=O)(O)O. The molecule has 0 radical (unpaired) electrons. The minimum absolute atomic E-state index is 0.156. The van der Waals surface area contributed by atoms with Gasteiger partial charge in [0.25, 0.3) is 0 Å². The van der Waals surface area contributed by atoms with E-state index in [1.807, 2.05) is 0 Å². The van der Waals surface area contributed by atoms with E-state index >= 15 is 0 Å². The summed E-state index contributed by atoms with van der Waals surface area (Å²) in [6, 6.07) is 0. The summed E-state index contributed by atoms with van der Waals surface area (Å²) in [6.07, 6.45) is 0. The molecule has 0 saturated carbocycles. The highest BCUT2D eigenvalue weighted by atomic mass is 31.2. The van der Waals surface area contributed by atoms with E-state index in [2.05, 4.69) is 9.26 Å². The number of esters is 1. The summed E-state index contributed by atoms with van der Waals surface area (Å²) < 4.78 is 18.2. The fourth-order valence-electron chi connectivity index (χ4n) is 0.339. The third-order valence-corrected chi connectivity index (χ3v) is 1.12. The lowest BCUT2D eigenvalue weighted by Gasteiger charge is -2.03. The fraction of sp³-hybridized carbons (Fsp3) is 0.750. The third kappa shape index (κ3) is 7.48. The second-order valence-corrected chi connectivity index (χ2v) is 2.81. The number of phosphoric acid groups is 1. The quantitative estimate of drug-likeness (QED) is 0.458. The summed E-state index contributed by atoms with van der Waals surface area (Å²) in [4.78, 5) is 26.6. The first-order valence-electron chi connectivity index (χ1n) is 2.81. The Bertz CT molecular complexity index is 171. The largest absolute Gasteiger partial charge is 0.470 e. The molecular weight excluding hydrogens is 175 g/mol. The lowest BCUT2D eigenvalue weighted by molar-refractivity contribution is -0.146. The van der Waals surface area contributed by atoms with E-state index in [1.54, 1.807) is 6.92 Å². The molecule has 0 saturated heterocycles. The maximum Gasteiger partial charge on any atom is 0.470 e. The lowest BCUT2D eigenvalue weighted by Crippen LogP contribution is -2.11. The fourth-order valence-corrected chi connectivity index (χ4v) is 0.613. The van der Waals surface area contributed by atoms with Gasteiger partial charge in [-0.25, -0.2) is 9.36 Å². The van der Waals surface area contributed by atoms with Crippen LogP contribution in [0.3, 0.4) is 0 Å². The summed E-state index contributed by atoms with van der Waals surface area (Å²) in [5.74, 6) is -0.796. The van der Waals surface area contributed by atoms with E-state index < -0.39 is 20.4 Å². The van der Waals surface area contributed by atoms with Gasteiger partial charge in [-0.1, -0.05) is 0 Å². The van der Waals surface area contributed by atoms with Gasteiger partial charge in [-0.3, -0.25) is 4.52 Å². The Morgan fingerprint density at radius 3 is 2.45 bits per heavy atom. The molecule has 0 atom stereocenters. The maximum absolute atomic E-state index is 10.4. The number of hydrogen-bond donors (Lipinski definition) is 2. The molecule has 0 fully saturated rings. The van der Waals surface area contributed by atoms with Crippen LogP contribution in [0.5, 0.6) is 0 Å². The summed E-state index contributed by atoms with van der Waals surface area (Å²) in [5.41, 5.74) is 0. The average molecular weight is 184 g/mol. The highest BCUT2D eigenvalue weighted by Gasteiger charge is 2.16. The monoisotopic (exact) mass is 184 g/mol. The van der Waals surface area contributed by atoms with Gasteiger partial charge in [0.2, 0.25) is 0 Å². The number of rotatable bonds is 4. The van der Waals surface area contributed by atoms with Gasteiger partial charge in [0.05, 0.1) is 6.61 Å². The number of ether oxygens (including phenoxy) is 1. The average Bonchev–Trinajstić information content (AvgIpc) is 1.83. The van der Waals surface area contributed by atoms with Crippen molar-refractivity contribution in [1.82, 2.24) is 0 Å². The Morgan fingerprint density at radius 2 is 2.09 bits per heavy atom. The maximum atomic E-state index is 10.4. The minimum Gasteiger partial charge on any atom is -0.464 e. The molecule has 6 nitrogen and oxygen atoms in total. The van der Waals surface area contributed by atoms with Crippen molar-refractivity contribution in [3.8, 4) is 0 Å². The van der Waals surface area contributed by atoms with Gasteiger partial charge in [0, 0.05) is 0 Å². The van der Waals surface area contributed by atoms with Crippen LogP contribution in [-0.4, -0.2) is 29.0 Å². The van der Waals surface area contributed by atoms with Crippen LogP contribution >= 0.6 is 7.82 Å². The van der Waals surface area contributed by atoms with E-state index in [0.29, 0.717) is 0 Å². The van der Waals surface area contributed by atoms with E-state index in [9.17, 15) is 9.36 Å². The Hall–Kier alpha value is -0.420. The summed E-state index contributed by atoms with van der Waals surface area (Å²) in [5, 5.41) is 0. The first-order valence-corrected chi connectivity index (χ1v) is 4.34.